The average molecular weight is 281 g/mol. The topological polar surface area (TPSA) is 26.3 Å². The zero-order chi connectivity index (χ0) is 13.3. The van der Waals surface area contributed by atoms with Gasteiger partial charge >= 0.3 is 0 Å². The molecule has 0 atom stereocenters. The maximum atomic E-state index is 12.4. The normalized spacial score (nSPS) is 10.4. The SMILES string of the molecule is COc1cc(C)c(Cl)c(C)c1C(=O)c1cccs1. The van der Waals surface area contributed by atoms with E-state index in [9.17, 15) is 4.79 Å². The second-order valence-corrected chi connectivity index (χ2v) is 5.34. The fraction of sp³-hybridized carbons (Fsp3) is 0.214. The molecular formula is C14H13ClO2S. The van der Waals surface area contributed by atoms with Crippen molar-refractivity contribution >= 4 is 28.7 Å². The summed E-state index contributed by atoms with van der Waals surface area (Å²) in [6.07, 6.45) is 0. The Kier molecular flexibility index (Phi) is 3.73. The summed E-state index contributed by atoms with van der Waals surface area (Å²) in [4.78, 5) is 13.1. The van der Waals surface area contributed by atoms with Crippen LogP contribution in [0, 0.1) is 13.8 Å². The first kappa shape index (κ1) is 13.1. The molecule has 0 unspecified atom stereocenters. The molecule has 0 saturated carbocycles. The number of methoxy groups -OCH3 is 1. The maximum absolute atomic E-state index is 12.4. The zero-order valence-electron chi connectivity index (χ0n) is 10.4. The summed E-state index contributed by atoms with van der Waals surface area (Å²) in [7, 11) is 1.56. The molecule has 0 saturated heterocycles. The summed E-state index contributed by atoms with van der Waals surface area (Å²) in [5.41, 5.74) is 2.23. The molecule has 94 valence electrons. The number of carbonyl (C=O) groups excluding carboxylic acids is 1. The van der Waals surface area contributed by atoms with Crippen molar-refractivity contribution in [1.82, 2.24) is 0 Å². The molecule has 0 radical (unpaired) electrons. The Morgan fingerprint density at radius 2 is 2.11 bits per heavy atom. The minimum Gasteiger partial charge on any atom is -0.496 e. The smallest absolute Gasteiger partial charge is 0.206 e. The molecule has 0 spiro atoms. The molecule has 18 heavy (non-hydrogen) atoms. The minimum atomic E-state index is -0.0405. The van der Waals surface area contributed by atoms with Crippen LogP contribution in [0.2, 0.25) is 5.02 Å². The molecular weight excluding hydrogens is 268 g/mol. The van der Waals surface area contributed by atoms with Crippen LogP contribution in [0.1, 0.15) is 26.4 Å². The van der Waals surface area contributed by atoms with Gasteiger partial charge in [-0.25, -0.2) is 0 Å². The van der Waals surface area contributed by atoms with Crippen molar-refractivity contribution in [2.45, 2.75) is 13.8 Å². The standard InChI is InChI=1S/C14H13ClO2S/c1-8-7-10(17-3)12(9(2)13(8)15)14(16)11-5-4-6-18-11/h4-7H,1-3H3. The first-order valence-corrected chi connectivity index (χ1v) is 6.74. The van der Waals surface area contributed by atoms with Gasteiger partial charge in [-0.2, -0.15) is 0 Å². The van der Waals surface area contributed by atoms with Crippen LogP contribution in [-0.2, 0) is 0 Å². The number of rotatable bonds is 3. The second-order valence-electron chi connectivity index (χ2n) is 4.02. The number of carbonyl (C=O) groups is 1. The lowest BCUT2D eigenvalue weighted by molar-refractivity contribution is 0.103. The molecule has 1 aromatic heterocycles. The van der Waals surface area contributed by atoms with Gasteiger partial charge in [-0.1, -0.05) is 17.7 Å². The molecule has 2 nitrogen and oxygen atoms in total. The number of aryl methyl sites for hydroxylation is 1. The van der Waals surface area contributed by atoms with Crippen LogP contribution in [0.15, 0.2) is 23.6 Å². The molecule has 0 fully saturated rings. The third-order valence-corrected chi connectivity index (χ3v) is 4.29. The molecule has 0 N–H and O–H groups in total. The van der Waals surface area contributed by atoms with Crippen LogP contribution in [0.3, 0.4) is 0 Å². The van der Waals surface area contributed by atoms with Crippen molar-refractivity contribution in [2.75, 3.05) is 7.11 Å². The third kappa shape index (κ3) is 2.16. The summed E-state index contributed by atoms with van der Waals surface area (Å²) >= 11 is 7.63. The lowest BCUT2D eigenvalue weighted by Crippen LogP contribution is -2.06. The van der Waals surface area contributed by atoms with E-state index in [0.29, 0.717) is 21.2 Å². The van der Waals surface area contributed by atoms with Crippen LogP contribution in [0.4, 0.5) is 0 Å². The van der Waals surface area contributed by atoms with Gasteiger partial charge < -0.3 is 4.74 Å². The van der Waals surface area contributed by atoms with Crippen molar-refractivity contribution in [1.29, 1.82) is 0 Å². The molecule has 1 aromatic carbocycles. The van der Waals surface area contributed by atoms with E-state index in [1.165, 1.54) is 11.3 Å². The van der Waals surface area contributed by atoms with Crippen molar-refractivity contribution in [3.8, 4) is 5.75 Å². The molecule has 0 amide bonds. The van der Waals surface area contributed by atoms with Crippen molar-refractivity contribution in [2.24, 2.45) is 0 Å². The average Bonchev–Trinajstić information content (AvgIpc) is 2.88. The molecule has 1 heterocycles. The van der Waals surface area contributed by atoms with Crippen LogP contribution >= 0.6 is 22.9 Å². The third-order valence-electron chi connectivity index (χ3n) is 2.84. The molecule has 4 heteroatoms. The van der Waals surface area contributed by atoms with Gasteiger partial charge in [0.15, 0.2) is 0 Å². The van der Waals surface area contributed by atoms with E-state index in [1.54, 1.807) is 19.2 Å². The van der Waals surface area contributed by atoms with Gasteiger partial charge in [0.2, 0.25) is 5.78 Å². The van der Waals surface area contributed by atoms with Gasteiger partial charge in [-0.3, -0.25) is 4.79 Å². The Labute approximate surface area is 115 Å². The number of halogens is 1. The fourth-order valence-electron chi connectivity index (χ4n) is 1.90. The van der Waals surface area contributed by atoms with E-state index in [2.05, 4.69) is 0 Å². The first-order chi connectivity index (χ1) is 8.56. The van der Waals surface area contributed by atoms with E-state index >= 15 is 0 Å². The predicted molar refractivity (Wildman–Crippen MR) is 75.2 cm³/mol. The first-order valence-electron chi connectivity index (χ1n) is 5.48. The summed E-state index contributed by atoms with van der Waals surface area (Å²) in [6, 6.07) is 5.46. The summed E-state index contributed by atoms with van der Waals surface area (Å²) in [5.74, 6) is 0.536. The number of ether oxygens (including phenoxy) is 1. The maximum Gasteiger partial charge on any atom is 0.206 e. The van der Waals surface area contributed by atoms with Gasteiger partial charge in [0.1, 0.15) is 5.75 Å². The van der Waals surface area contributed by atoms with Gasteiger partial charge in [0, 0.05) is 5.02 Å². The quantitative estimate of drug-likeness (QED) is 0.786. The Balaban J connectivity index is 2.63. The fourth-order valence-corrected chi connectivity index (χ4v) is 2.72. The zero-order valence-corrected chi connectivity index (χ0v) is 12.0. The highest BCUT2D eigenvalue weighted by Gasteiger charge is 2.21. The monoisotopic (exact) mass is 280 g/mol. The van der Waals surface area contributed by atoms with E-state index in [0.717, 1.165) is 11.1 Å². The molecule has 2 rings (SSSR count). The lowest BCUT2D eigenvalue weighted by atomic mass is 9.99. The van der Waals surface area contributed by atoms with Gasteiger partial charge in [0.25, 0.3) is 0 Å². The number of thiophene rings is 1. The second kappa shape index (κ2) is 5.12. The van der Waals surface area contributed by atoms with Crippen LogP contribution in [0.25, 0.3) is 0 Å². The summed E-state index contributed by atoms with van der Waals surface area (Å²) in [5, 5.41) is 2.50. The minimum absolute atomic E-state index is 0.0405. The van der Waals surface area contributed by atoms with Gasteiger partial charge in [0.05, 0.1) is 17.6 Å². The highest BCUT2D eigenvalue weighted by atomic mass is 35.5. The molecule has 2 aromatic rings. The molecule has 0 aliphatic rings. The lowest BCUT2D eigenvalue weighted by Gasteiger charge is -2.13. The van der Waals surface area contributed by atoms with Crippen LogP contribution in [-0.4, -0.2) is 12.9 Å². The Morgan fingerprint density at radius 1 is 1.39 bits per heavy atom. The van der Waals surface area contributed by atoms with Crippen LogP contribution < -0.4 is 4.74 Å². The van der Waals surface area contributed by atoms with E-state index in [1.807, 2.05) is 25.3 Å². The molecule has 0 aliphatic heterocycles. The molecule has 0 aliphatic carbocycles. The van der Waals surface area contributed by atoms with E-state index in [4.69, 9.17) is 16.3 Å². The highest BCUT2D eigenvalue weighted by Crippen LogP contribution is 2.33. The summed E-state index contributed by atoms with van der Waals surface area (Å²) < 4.78 is 5.31. The number of hydrogen-bond donors (Lipinski definition) is 0. The number of ketones is 1. The largest absolute Gasteiger partial charge is 0.496 e. The summed E-state index contributed by atoms with van der Waals surface area (Å²) in [6.45, 7) is 3.75. The molecule has 0 bridgehead atoms. The number of benzene rings is 1. The van der Waals surface area contributed by atoms with E-state index < -0.39 is 0 Å². The van der Waals surface area contributed by atoms with E-state index in [-0.39, 0.29) is 5.78 Å². The van der Waals surface area contributed by atoms with Crippen molar-refractivity contribution in [3.63, 3.8) is 0 Å². The van der Waals surface area contributed by atoms with Gasteiger partial charge in [-0.15, -0.1) is 11.3 Å². The van der Waals surface area contributed by atoms with Crippen molar-refractivity contribution < 1.29 is 9.53 Å². The Morgan fingerprint density at radius 3 is 2.67 bits per heavy atom. The highest BCUT2D eigenvalue weighted by molar-refractivity contribution is 7.12. The van der Waals surface area contributed by atoms with Crippen LogP contribution in [0.5, 0.6) is 5.75 Å². The Bertz CT molecular complexity index is 588. The predicted octanol–water partition coefficient (Wildman–Crippen LogP) is 4.26. The Hall–Kier alpha value is -1.32. The number of hydrogen-bond acceptors (Lipinski definition) is 3. The van der Waals surface area contributed by atoms with Gasteiger partial charge in [-0.05, 0) is 42.5 Å². The van der Waals surface area contributed by atoms with Crippen molar-refractivity contribution in [3.05, 3.63) is 50.2 Å².